The summed E-state index contributed by atoms with van der Waals surface area (Å²) in [7, 11) is 2.01. The number of aliphatic hydroxyl groups excluding tert-OH is 1. The number of benzene rings is 1. The maximum atomic E-state index is 12.2. The molecule has 0 aliphatic heterocycles. The van der Waals surface area contributed by atoms with Gasteiger partial charge in [0.05, 0.1) is 12.6 Å². The number of hydrogen-bond acceptors (Lipinski definition) is 6. The molecular weight excluding hydrogens is 324 g/mol. The average Bonchev–Trinajstić information content (AvgIpc) is 3.18. The van der Waals surface area contributed by atoms with Crippen LogP contribution in [0.3, 0.4) is 0 Å². The summed E-state index contributed by atoms with van der Waals surface area (Å²) in [5, 5.41) is 22.0. The average molecular weight is 346 g/mol. The van der Waals surface area contributed by atoms with Crippen LogP contribution in [0.25, 0.3) is 0 Å². The molecule has 2 aromatic rings. The molecule has 0 saturated heterocycles. The highest BCUT2D eigenvalue weighted by Gasteiger charge is 2.26. The Morgan fingerprint density at radius 1 is 1.33 bits per heavy atom. The first-order chi connectivity index (χ1) is 11.6. The Balaban J connectivity index is 1.54. The number of hydrogen-bond donors (Lipinski definition) is 2. The normalized spacial score (nSPS) is 20.5. The minimum absolute atomic E-state index is 0.186. The van der Waals surface area contributed by atoms with Gasteiger partial charge in [0.1, 0.15) is 5.01 Å². The van der Waals surface area contributed by atoms with Crippen molar-refractivity contribution in [3.05, 3.63) is 40.3 Å². The van der Waals surface area contributed by atoms with Gasteiger partial charge < -0.3 is 10.4 Å². The van der Waals surface area contributed by atoms with E-state index in [2.05, 4.69) is 20.4 Å². The highest BCUT2D eigenvalue weighted by molar-refractivity contribution is 7.13. The molecule has 2 atom stereocenters. The number of rotatable bonds is 6. The summed E-state index contributed by atoms with van der Waals surface area (Å²) in [4.78, 5) is 14.3. The van der Waals surface area contributed by atoms with E-state index in [1.807, 2.05) is 37.4 Å². The van der Waals surface area contributed by atoms with Gasteiger partial charge in [0.25, 0.3) is 5.91 Å². The van der Waals surface area contributed by atoms with Crippen molar-refractivity contribution in [3.8, 4) is 0 Å². The summed E-state index contributed by atoms with van der Waals surface area (Å²) in [6, 6.07) is 9.30. The molecule has 0 bridgehead atoms. The van der Waals surface area contributed by atoms with E-state index in [0.29, 0.717) is 17.5 Å². The number of nitrogens with zero attached hydrogens (tertiary/aromatic N) is 3. The van der Waals surface area contributed by atoms with Crippen molar-refractivity contribution in [1.82, 2.24) is 15.1 Å². The lowest BCUT2D eigenvalue weighted by Crippen LogP contribution is -2.29. The van der Waals surface area contributed by atoms with Crippen LogP contribution in [0.1, 0.15) is 34.1 Å². The van der Waals surface area contributed by atoms with E-state index >= 15 is 0 Å². The minimum Gasteiger partial charge on any atom is -0.393 e. The van der Waals surface area contributed by atoms with E-state index in [4.69, 9.17) is 0 Å². The van der Waals surface area contributed by atoms with Gasteiger partial charge in [0.2, 0.25) is 5.01 Å². The third-order valence-electron chi connectivity index (χ3n) is 4.26. The standard InChI is InChI=1S/C17H22N4O2S/c1-21(10-12-6-5-9-14(12)22)11-15-19-20-17(24-15)16(23)18-13-7-3-2-4-8-13/h2-4,7-8,12,14,22H,5-6,9-11H2,1H3,(H,18,23). The van der Waals surface area contributed by atoms with Crippen molar-refractivity contribution in [2.24, 2.45) is 5.92 Å². The van der Waals surface area contributed by atoms with Gasteiger partial charge in [-0.25, -0.2) is 0 Å². The Bertz CT molecular complexity index is 676. The first kappa shape index (κ1) is 17.0. The first-order valence-corrected chi connectivity index (χ1v) is 8.99. The number of para-hydroxylation sites is 1. The van der Waals surface area contributed by atoms with Crippen LogP contribution in [0.4, 0.5) is 5.69 Å². The van der Waals surface area contributed by atoms with Crippen molar-refractivity contribution in [1.29, 1.82) is 0 Å². The zero-order chi connectivity index (χ0) is 16.9. The van der Waals surface area contributed by atoms with Crippen molar-refractivity contribution in [3.63, 3.8) is 0 Å². The summed E-state index contributed by atoms with van der Waals surface area (Å²) in [6.07, 6.45) is 2.89. The Morgan fingerprint density at radius 2 is 2.12 bits per heavy atom. The summed E-state index contributed by atoms with van der Waals surface area (Å²) in [6.45, 7) is 1.48. The van der Waals surface area contributed by atoms with E-state index in [9.17, 15) is 9.90 Å². The summed E-state index contributed by atoms with van der Waals surface area (Å²) >= 11 is 1.31. The van der Waals surface area contributed by atoms with Gasteiger partial charge in [-0.15, -0.1) is 10.2 Å². The molecule has 1 aromatic heterocycles. The van der Waals surface area contributed by atoms with E-state index in [0.717, 1.165) is 36.5 Å². The molecule has 1 saturated carbocycles. The molecule has 3 rings (SSSR count). The highest BCUT2D eigenvalue weighted by Crippen LogP contribution is 2.26. The van der Waals surface area contributed by atoms with Gasteiger partial charge in [-0.1, -0.05) is 36.0 Å². The molecule has 128 valence electrons. The lowest BCUT2D eigenvalue weighted by Gasteiger charge is -2.21. The van der Waals surface area contributed by atoms with Crippen LogP contribution < -0.4 is 5.32 Å². The minimum atomic E-state index is -0.237. The Hall–Kier alpha value is -1.83. The maximum absolute atomic E-state index is 12.2. The molecule has 24 heavy (non-hydrogen) atoms. The van der Waals surface area contributed by atoms with Gasteiger partial charge in [0.15, 0.2) is 0 Å². The quantitative estimate of drug-likeness (QED) is 0.840. The summed E-state index contributed by atoms with van der Waals surface area (Å²) in [5.74, 6) is 0.0996. The smallest absolute Gasteiger partial charge is 0.286 e. The van der Waals surface area contributed by atoms with Crippen LogP contribution in [0.5, 0.6) is 0 Å². The molecule has 1 aromatic carbocycles. The van der Waals surface area contributed by atoms with Crippen LogP contribution in [0.15, 0.2) is 30.3 Å². The number of carbonyl (C=O) groups excluding carboxylic acids is 1. The van der Waals surface area contributed by atoms with Gasteiger partial charge in [-0.2, -0.15) is 0 Å². The number of carbonyl (C=O) groups is 1. The van der Waals surface area contributed by atoms with Crippen LogP contribution in [-0.2, 0) is 6.54 Å². The Kier molecular flexibility index (Phi) is 5.55. The second-order valence-electron chi connectivity index (χ2n) is 6.28. The van der Waals surface area contributed by atoms with Crippen LogP contribution in [-0.4, -0.2) is 45.8 Å². The molecule has 1 fully saturated rings. The Morgan fingerprint density at radius 3 is 2.83 bits per heavy atom. The van der Waals surface area contributed by atoms with E-state index in [1.165, 1.54) is 11.3 Å². The molecule has 0 radical (unpaired) electrons. The first-order valence-electron chi connectivity index (χ1n) is 8.17. The number of aromatic nitrogens is 2. The molecule has 2 N–H and O–H groups in total. The number of amides is 1. The molecule has 1 aliphatic carbocycles. The second kappa shape index (κ2) is 7.83. The lowest BCUT2D eigenvalue weighted by atomic mass is 10.1. The molecule has 2 unspecified atom stereocenters. The summed E-state index contributed by atoms with van der Waals surface area (Å²) < 4.78 is 0. The van der Waals surface area contributed by atoms with E-state index in [-0.39, 0.29) is 12.0 Å². The monoisotopic (exact) mass is 346 g/mol. The largest absolute Gasteiger partial charge is 0.393 e. The topological polar surface area (TPSA) is 78.4 Å². The zero-order valence-corrected chi connectivity index (χ0v) is 14.5. The van der Waals surface area contributed by atoms with Crippen molar-refractivity contribution in [2.75, 3.05) is 18.9 Å². The van der Waals surface area contributed by atoms with Gasteiger partial charge in [0, 0.05) is 12.2 Å². The zero-order valence-electron chi connectivity index (χ0n) is 13.7. The molecule has 1 aliphatic rings. The SMILES string of the molecule is CN(Cc1nnc(C(=O)Nc2ccccc2)s1)CC1CCCC1O. The van der Waals surface area contributed by atoms with E-state index in [1.54, 1.807) is 0 Å². The fraction of sp³-hybridized carbons (Fsp3) is 0.471. The number of aliphatic hydroxyl groups is 1. The van der Waals surface area contributed by atoms with Gasteiger partial charge in [-0.3, -0.25) is 9.69 Å². The van der Waals surface area contributed by atoms with Crippen LogP contribution in [0, 0.1) is 5.92 Å². The molecular formula is C17H22N4O2S. The van der Waals surface area contributed by atoms with Crippen LogP contribution >= 0.6 is 11.3 Å². The highest BCUT2D eigenvalue weighted by atomic mass is 32.1. The fourth-order valence-electron chi connectivity index (χ4n) is 3.04. The predicted molar refractivity (Wildman–Crippen MR) is 94.0 cm³/mol. The third kappa shape index (κ3) is 4.37. The van der Waals surface area contributed by atoms with Gasteiger partial charge in [-0.05, 0) is 37.9 Å². The van der Waals surface area contributed by atoms with Crippen LogP contribution in [0.2, 0.25) is 0 Å². The van der Waals surface area contributed by atoms with Crippen molar-refractivity contribution < 1.29 is 9.90 Å². The number of anilines is 1. The molecule has 1 heterocycles. The molecule has 7 heteroatoms. The van der Waals surface area contributed by atoms with Crippen molar-refractivity contribution in [2.45, 2.75) is 31.9 Å². The number of nitrogens with one attached hydrogen (secondary N) is 1. The molecule has 0 spiro atoms. The second-order valence-corrected chi connectivity index (χ2v) is 7.34. The molecule has 1 amide bonds. The third-order valence-corrected chi connectivity index (χ3v) is 5.17. The lowest BCUT2D eigenvalue weighted by molar-refractivity contribution is 0.102. The maximum Gasteiger partial charge on any atom is 0.286 e. The molecule has 6 nitrogen and oxygen atoms in total. The fourth-order valence-corrected chi connectivity index (χ4v) is 3.86. The van der Waals surface area contributed by atoms with E-state index < -0.39 is 0 Å². The van der Waals surface area contributed by atoms with Crippen molar-refractivity contribution >= 4 is 22.9 Å². The Labute approximate surface area is 145 Å². The van der Waals surface area contributed by atoms with Gasteiger partial charge >= 0.3 is 0 Å². The predicted octanol–water partition coefficient (Wildman–Crippen LogP) is 2.38. The summed E-state index contributed by atoms with van der Waals surface area (Å²) in [5.41, 5.74) is 0.742.